The van der Waals surface area contributed by atoms with Gasteiger partial charge in [0.2, 0.25) is 0 Å². The van der Waals surface area contributed by atoms with Crippen LogP contribution in [-0.2, 0) is 6.42 Å². The third kappa shape index (κ3) is 5.88. The lowest BCUT2D eigenvalue weighted by Gasteiger charge is -2.12. The quantitative estimate of drug-likeness (QED) is 0.527. The largest absolute Gasteiger partial charge is 0.355 e. The number of aryl methyl sites for hydroxylation is 2. The van der Waals surface area contributed by atoms with E-state index in [1.165, 1.54) is 16.7 Å². The van der Waals surface area contributed by atoms with Gasteiger partial charge in [-0.05, 0) is 68.1 Å². The molecule has 0 spiro atoms. The fourth-order valence-electron chi connectivity index (χ4n) is 3.11. The Labute approximate surface area is 173 Å². The number of nitrogens with one attached hydrogen (secondary N) is 2. The molecule has 2 N–H and O–H groups in total. The van der Waals surface area contributed by atoms with Gasteiger partial charge in [0.15, 0.2) is 0 Å². The Hall–Kier alpha value is -3.21. The number of carbonyl (C=O) groups is 1. The lowest BCUT2D eigenvalue weighted by Crippen LogP contribution is -2.17. The van der Waals surface area contributed by atoms with Crippen molar-refractivity contribution in [1.82, 2.24) is 5.32 Å². The lowest BCUT2D eigenvalue weighted by molar-refractivity contribution is 0.0963. The first-order valence-electron chi connectivity index (χ1n) is 9.69. The van der Waals surface area contributed by atoms with Gasteiger partial charge in [-0.25, -0.2) is 0 Å². The summed E-state index contributed by atoms with van der Waals surface area (Å²) >= 11 is 0. The molecule has 0 saturated carbocycles. The number of aliphatic imine (C=N–C) groups is 2. The van der Waals surface area contributed by atoms with Gasteiger partial charge in [-0.1, -0.05) is 24.3 Å². The predicted octanol–water partition coefficient (Wildman–Crippen LogP) is 4.80. The molecule has 0 aliphatic heterocycles. The van der Waals surface area contributed by atoms with E-state index in [1.807, 2.05) is 44.2 Å². The van der Waals surface area contributed by atoms with Crippen LogP contribution in [0, 0.1) is 13.8 Å². The number of rotatable bonds is 7. The van der Waals surface area contributed by atoms with Crippen LogP contribution in [0.5, 0.6) is 0 Å². The number of benzene rings is 2. The molecule has 5 heteroatoms. The summed E-state index contributed by atoms with van der Waals surface area (Å²) in [5.74, 6) is -0.0905. The highest BCUT2D eigenvalue weighted by molar-refractivity contribution is 5.94. The second-order valence-corrected chi connectivity index (χ2v) is 6.98. The average Bonchev–Trinajstić information content (AvgIpc) is 2.73. The molecular formula is C24H30N4O. The minimum absolute atomic E-state index is 0.0905. The first-order chi connectivity index (χ1) is 13.9. The van der Waals surface area contributed by atoms with Crippen molar-refractivity contribution in [1.29, 1.82) is 0 Å². The normalized spacial score (nSPS) is 12.3. The maximum absolute atomic E-state index is 11.7. The molecule has 0 heterocycles. The van der Waals surface area contributed by atoms with Crippen molar-refractivity contribution in [2.45, 2.75) is 34.1 Å². The van der Waals surface area contributed by atoms with Crippen LogP contribution in [0.15, 0.2) is 52.5 Å². The molecule has 152 valence electrons. The Morgan fingerprint density at radius 1 is 1.07 bits per heavy atom. The summed E-state index contributed by atoms with van der Waals surface area (Å²) < 4.78 is 0. The minimum Gasteiger partial charge on any atom is -0.355 e. The zero-order chi connectivity index (χ0) is 21.4. The molecule has 2 aromatic rings. The van der Waals surface area contributed by atoms with Gasteiger partial charge in [-0.15, -0.1) is 0 Å². The summed E-state index contributed by atoms with van der Waals surface area (Å²) in [6, 6.07) is 11.9. The second-order valence-electron chi connectivity index (χ2n) is 6.98. The summed E-state index contributed by atoms with van der Waals surface area (Å²) in [6.45, 7) is 8.23. The minimum atomic E-state index is -0.0905. The third-order valence-electron chi connectivity index (χ3n) is 4.73. The van der Waals surface area contributed by atoms with Gasteiger partial charge < -0.3 is 10.6 Å². The number of amides is 1. The summed E-state index contributed by atoms with van der Waals surface area (Å²) in [6.07, 6.45) is 4.47. The summed E-state index contributed by atoms with van der Waals surface area (Å²) in [4.78, 5) is 20.5. The van der Waals surface area contributed by atoms with Gasteiger partial charge in [-0.2, -0.15) is 0 Å². The van der Waals surface area contributed by atoms with E-state index in [9.17, 15) is 4.79 Å². The molecule has 0 radical (unpaired) electrons. The number of anilines is 1. The van der Waals surface area contributed by atoms with Crippen molar-refractivity contribution in [2.75, 3.05) is 19.4 Å². The van der Waals surface area contributed by atoms with Crippen LogP contribution in [-0.4, -0.2) is 32.1 Å². The molecule has 0 bridgehead atoms. The summed E-state index contributed by atoms with van der Waals surface area (Å²) in [5.41, 5.74) is 8.28. The van der Waals surface area contributed by atoms with Crippen molar-refractivity contribution in [3.8, 4) is 0 Å². The SMILES string of the molecule is C/C=C(\N=C(C)Cc1cc(C)c(NC=NC)cc1C)c1ccc(C(=O)NC)cc1. The maximum atomic E-state index is 11.7. The number of carbonyl (C=O) groups excluding carboxylic acids is 1. The topological polar surface area (TPSA) is 65.8 Å². The molecule has 0 aliphatic rings. The fourth-order valence-corrected chi connectivity index (χ4v) is 3.11. The Balaban J connectivity index is 2.21. The number of allylic oxidation sites excluding steroid dienone is 1. The Kier molecular flexibility index (Phi) is 7.89. The average molecular weight is 391 g/mol. The van der Waals surface area contributed by atoms with Gasteiger partial charge in [0.25, 0.3) is 5.91 Å². The molecular weight excluding hydrogens is 360 g/mol. The first-order valence-corrected chi connectivity index (χ1v) is 9.69. The molecule has 0 unspecified atom stereocenters. The van der Waals surface area contributed by atoms with Crippen molar-refractivity contribution in [2.24, 2.45) is 9.98 Å². The predicted molar refractivity (Wildman–Crippen MR) is 124 cm³/mol. The molecule has 0 saturated heterocycles. The van der Waals surface area contributed by atoms with Crippen LogP contribution in [0.4, 0.5) is 5.69 Å². The summed E-state index contributed by atoms with van der Waals surface area (Å²) in [7, 11) is 3.37. The van der Waals surface area contributed by atoms with Gasteiger partial charge >= 0.3 is 0 Å². The van der Waals surface area contributed by atoms with Crippen LogP contribution >= 0.6 is 0 Å². The van der Waals surface area contributed by atoms with Crippen molar-refractivity contribution < 1.29 is 4.79 Å². The van der Waals surface area contributed by atoms with Crippen LogP contribution < -0.4 is 10.6 Å². The van der Waals surface area contributed by atoms with Crippen LogP contribution in [0.2, 0.25) is 0 Å². The Morgan fingerprint density at radius 3 is 2.31 bits per heavy atom. The zero-order valence-corrected chi connectivity index (χ0v) is 18.1. The molecule has 1 amide bonds. The van der Waals surface area contributed by atoms with E-state index in [1.54, 1.807) is 20.4 Å². The van der Waals surface area contributed by atoms with Gasteiger partial charge in [0.05, 0.1) is 12.0 Å². The van der Waals surface area contributed by atoms with E-state index < -0.39 is 0 Å². The number of hydrogen-bond acceptors (Lipinski definition) is 3. The van der Waals surface area contributed by atoms with E-state index in [0.717, 1.165) is 29.1 Å². The number of nitrogens with zero attached hydrogens (tertiary/aromatic N) is 2. The smallest absolute Gasteiger partial charge is 0.251 e. The van der Waals surface area contributed by atoms with E-state index in [4.69, 9.17) is 4.99 Å². The fraction of sp³-hybridized carbons (Fsp3) is 0.292. The monoisotopic (exact) mass is 390 g/mol. The molecule has 29 heavy (non-hydrogen) atoms. The molecule has 2 aromatic carbocycles. The molecule has 0 aromatic heterocycles. The van der Waals surface area contributed by atoms with Crippen molar-refractivity contribution >= 4 is 29.3 Å². The zero-order valence-electron chi connectivity index (χ0n) is 18.1. The maximum Gasteiger partial charge on any atom is 0.251 e. The number of hydrogen-bond donors (Lipinski definition) is 2. The van der Waals surface area contributed by atoms with Gasteiger partial charge in [0, 0.05) is 37.5 Å². The van der Waals surface area contributed by atoms with E-state index in [-0.39, 0.29) is 5.91 Å². The lowest BCUT2D eigenvalue weighted by atomic mass is 9.99. The highest BCUT2D eigenvalue weighted by Gasteiger charge is 2.08. The van der Waals surface area contributed by atoms with E-state index in [0.29, 0.717) is 5.56 Å². The van der Waals surface area contributed by atoms with Crippen molar-refractivity contribution in [3.63, 3.8) is 0 Å². The van der Waals surface area contributed by atoms with Crippen LogP contribution in [0.25, 0.3) is 5.70 Å². The second kappa shape index (κ2) is 10.4. The first kappa shape index (κ1) is 22.1. The highest BCUT2D eigenvalue weighted by atomic mass is 16.1. The van der Waals surface area contributed by atoms with Crippen molar-refractivity contribution in [3.05, 3.63) is 70.3 Å². The standard InChI is InChI=1S/C24H30N4O/c1-7-22(19-8-10-20(11-9-19)24(29)26-6)28-18(4)14-21-12-17(3)23(13-16(21)2)27-15-25-5/h7-13,15H,14H2,1-6H3,(H,25,27)(H,26,29)/b22-7-,28-18?. The molecule has 2 rings (SSSR count). The van der Waals surface area contributed by atoms with Gasteiger partial charge in [-0.3, -0.25) is 14.8 Å². The Bertz CT molecular complexity index is 954. The Morgan fingerprint density at radius 2 is 1.72 bits per heavy atom. The summed E-state index contributed by atoms with van der Waals surface area (Å²) in [5, 5.41) is 5.84. The molecule has 0 aliphatic carbocycles. The molecule has 0 fully saturated rings. The molecule has 5 nitrogen and oxygen atoms in total. The van der Waals surface area contributed by atoms with E-state index in [2.05, 4.69) is 41.6 Å². The molecule has 0 atom stereocenters. The van der Waals surface area contributed by atoms with E-state index >= 15 is 0 Å². The highest BCUT2D eigenvalue weighted by Crippen LogP contribution is 2.22. The van der Waals surface area contributed by atoms with Crippen LogP contribution in [0.1, 0.15) is 46.5 Å². The third-order valence-corrected chi connectivity index (χ3v) is 4.73. The van der Waals surface area contributed by atoms with Crippen LogP contribution in [0.3, 0.4) is 0 Å². The van der Waals surface area contributed by atoms with Gasteiger partial charge in [0.1, 0.15) is 0 Å².